The maximum absolute atomic E-state index is 12.9. The van der Waals surface area contributed by atoms with Gasteiger partial charge in [-0.1, -0.05) is 30.3 Å². The van der Waals surface area contributed by atoms with Gasteiger partial charge < -0.3 is 9.80 Å². The summed E-state index contributed by atoms with van der Waals surface area (Å²) in [6.45, 7) is 2.77. The normalized spacial score (nSPS) is 18.2. The summed E-state index contributed by atoms with van der Waals surface area (Å²) >= 11 is 0. The first kappa shape index (κ1) is 17.9. The Bertz CT molecular complexity index is 625. The highest BCUT2D eigenvalue weighted by molar-refractivity contribution is 7.87. The monoisotopic (exact) mass is 340 g/mol. The van der Waals surface area contributed by atoms with Crippen molar-refractivity contribution in [1.29, 1.82) is 0 Å². The number of benzene rings is 1. The van der Waals surface area contributed by atoms with Crippen molar-refractivity contribution in [2.45, 2.75) is 6.04 Å². The number of hydrogen-bond acceptors (Lipinski definition) is 4. The number of nitrogens with zero attached hydrogens (tertiary/aromatic N) is 3. The first-order valence-electron chi connectivity index (χ1n) is 7.53. The molecule has 23 heavy (non-hydrogen) atoms. The summed E-state index contributed by atoms with van der Waals surface area (Å²) in [5.41, 5.74) is 0.641. The van der Waals surface area contributed by atoms with E-state index in [4.69, 9.17) is 0 Å². The molecule has 2 rings (SSSR count). The van der Waals surface area contributed by atoms with Crippen LogP contribution in [0.1, 0.15) is 11.6 Å². The summed E-state index contributed by atoms with van der Waals surface area (Å²) < 4.78 is 28.0. The molecule has 1 aliphatic heterocycles. The Balaban J connectivity index is 2.25. The van der Waals surface area contributed by atoms with Gasteiger partial charge in [0.05, 0.1) is 0 Å². The molecule has 1 saturated heterocycles. The molecule has 0 bridgehead atoms. The van der Waals surface area contributed by atoms with E-state index in [1.807, 2.05) is 13.1 Å². The van der Waals surface area contributed by atoms with E-state index in [0.29, 0.717) is 18.7 Å². The van der Waals surface area contributed by atoms with E-state index >= 15 is 0 Å². The minimum absolute atomic E-state index is 0.213. The molecule has 1 atom stereocenters. The highest BCUT2D eigenvalue weighted by Gasteiger charge is 2.31. The van der Waals surface area contributed by atoms with Crippen molar-refractivity contribution in [3.63, 3.8) is 0 Å². The van der Waals surface area contributed by atoms with Gasteiger partial charge in [-0.15, -0.1) is 0 Å². The lowest BCUT2D eigenvalue weighted by Gasteiger charge is -2.35. The number of piperazine rings is 1. The van der Waals surface area contributed by atoms with E-state index in [0.717, 1.165) is 17.4 Å². The lowest BCUT2D eigenvalue weighted by Crippen LogP contribution is -2.52. The molecule has 0 spiro atoms. The van der Waals surface area contributed by atoms with Gasteiger partial charge in [0.2, 0.25) is 5.91 Å². The number of nitrogens with one attached hydrogen (secondary N) is 1. The summed E-state index contributed by atoms with van der Waals surface area (Å²) in [5.74, 6) is -0.213. The molecule has 0 aromatic heterocycles. The summed E-state index contributed by atoms with van der Waals surface area (Å²) in [6.07, 6.45) is 0. The van der Waals surface area contributed by atoms with Crippen LogP contribution in [-0.2, 0) is 15.0 Å². The predicted molar refractivity (Wildman–Crippen MR) is 89.0 cm³/mol. The molecule has 8 heteroatoms. The van der Waals surface area contributed by atoms with E-state index in [1.165, 1.54) is 14.1 Å². The molecular formula is C15H24N4O3S. The standard InChI is InChI=1S/C15H24N4O3S/c1-17(2)23(21,22)16-14(13-7-5-4-6-8-13)15(20)19-11-9-18(3)10-12-19/h4-8,14,16H,9-12H2,1-3H3/t14-/m0/s1. The fourth-order valence-electron chi connectivity index (χ4n) is 2.37. The van der Waals surface area contributed by atoms with E-state index in [9.17, 15) is 13.2 Å². The van der Waals surface area contributed by atoms with Crippen molar-refractivity contribution >= 4 is 16.1 Å². The number of amides is 1. The zero-order valence-electron chi connectivity index (χ0n) is 13.8. The average molecular weight is 340 g/mol. The van der Waals surface area contributed by atoms with Gasteiger partial charge in [-0.2, -0.15) is 17.4 Å². The van der Waals surface area contributed by atoms with Crippen LogP contribution in [0.3, 0.4) is 0 Å². The van der Waals surface area contributed by atoms with Crippen LogP contribution in [0.15, 0.2) is 30.3 Å². The quantitative estimate of drug-likeness (QED) is 0.812. The highest BCUT2D eigenvalue weighted by Crippen LogP contribution is 2.18. The summed E-state index contributed by atoms with van der Waals surface area (Å²) in [5, 5.41) is 0. The lowest BCUT2D eigenvalue weighted by atomic mass is 10.1. The molecule has 1 aromatic carbocycles. The van der Waals surface area contributed by atoms with E-state index < -0.39 is 16.3 Å². The Labute approximate surface area is 138 Å². The second-order valence-corrected chi connectivity index (χ2v) is 7.79. The third-order valence-corrected chi connectivity index (χ3v) is 5.44. The van der Waals surface area contributed by atoms with Gasteiger partial charge in [0.1, 0.15) is 6.04 Å². The number of likely N-dealkylation sites (N-methyl/N-ethyl adjacent to an activating group) is 1. The summed E-state index contributed by atoms with van der Waals surface area (Å²) in [7, 11) is 1.16. The molecule has 1 N–H and O–H groups in total. The van der Waals surface area contributed by atoms with Crippen molar-refractivity contribution in [2.75, 3.05) is 47.3 Å². The van der Waals surface area contributed by atoms with Crippen LogP contribution in [0, 0.1) is 0 Å². The second kappa shape index (κ2) is 7.39. The van der Waals surface area contributed by atoms with Crippen molar-refractivity contribution in [2.24, 2.45) is 0 Å². The topological polar surface area (TPSA) is 73.0 Å². The second-order valence-electron chi connectivity index (χ2n) is 5.88. The predicted octanol–water partition coefficient (Wildman–Crippen LogP) is -0.102. The Morgan fingerprint density at radius 3 is 2.22 bits per heavy atom. The molecule has 0 radical (unpaired) electrons. The van der Waals surface area contributed by atoms with Gasteiger partial charge >= 0.3 is 0 Å². The average Bonchev–Trinajstić information content (AvgIpc) is 2.53. The molecule has 1 amide bonds. The van der Waals surface area contributed by atoms with Gasteiger partial charge in [-0.05, 0) is 12.6 Å². The number of hydrogen-bond donors (Lipinski definition) is 1. The number of carbonyl (C=O) groups excluding carboxylic acids is 1. The zero-order valence-corrected chi connectivity index (χ0v) is 14.6. The fraction of sp³-hybridized carbons (Fsp3) is 0.533. The molecule has 0 saturated carbocycles. The van der Waals surface area contributed by atoms with Gasteiger partial charge in [-0.3, -0.25) is 4.79 Å². The smallest absolute Gasteiger partial charge is 0.279 e. The lowest BCUT2D eigenvalue weighted by molar-refractivity contribution is -0.134. The minimum Gasteiger partial charge on any atom is -0.338 e. The van der Waals surface area contributed by atoms with Crippen molar-refractivity contribution in [3.05, 3.63) is 35.9 Å². The SMILES string of the molecule is CN1CCN(C(=O)[C@@H](NS(=O)(=O)N(C)C)c2ccccc2)CC1. The number of carbonyl (C=O) groups is 1. The molecule has 0 unspecified atom stereocenters. The van der Waals surface area contributed by atoms with Crippen LogP contribution < -0.4 is 4.72 Å². The maximum Gasteiger partial charge on any atom is 0.279 e. The molecule has 1 aliphatic rings. The Kier molecular flexibility index (Phi) is 5.74. The van der Waals surface area contributed by atoms with E-state index in [1.54, 1.807) is 29.2 Å². The maximum atomic E-state index is 12.9. The number of rotatable bonds is 5. The Morgan fingerprint density at radius 2 is 1.70 bits per heavy atom. The Morgan fingerprint density at radius 1 is 1.13 bits per heavy atom. The molecule has 128 valence electrons. The molecular weight excluding hydrogens is 316 g/mol. The van der Waals surface area contributed by atoms with E-state index in [2.05, 4.69) is 9.62 Å². The van der Waals surface area contributed by atoms with Crippen molar-refractivity contribution < 1.29 is 13.2 Å². The van der Waals surface area contributed by atoms with Gasteiger partial charge in [-0.25, -0.2) is 0 Å². The minimum atomic E-state index is -3.71. The third kappa shape index (κ3) is 4.51. The molecule has 7 nitrogen and oxygen atoms in total. The third-order valence-electron chi connectivity index (χ3n) is 3.94. The van der Waals surface area contributed by atoms with Crippen LogP contribution in [0.2, 0.25) is 0 Å². The van der Waals surface area contributed by atoms with E-state index in [-0.39, 0.29) is 5.91 Å². The van der Waals surface area contributed by atoms with Crippen LogP contribution in [0.4, 0.5) is 0 Å². The molecule has 1 aromatic rings. The first-order chi connectivity index (χ1) is 10.8. The van der Waals surface area contributed by atoms with Gasteiger partial charge in [0.15, 0.2) is 0 Å². The Hall–Kier alpha value is -1.48. The van der Waals surface area contributed by atoms with Crippen LogP contribution in [0.25, 0.3) is 0 Å². The largest absolute Gasteiger partial charge is 0.338 e. The molecule has 1 heterocycles. The highest BCUT2D eigenvalue weighted by atomic mass is 32.2. The van der Waals surface area contributed by atoms with Gasteiger partial charge in [0, 0.05) is 40.3 Å². The van der Waals surface area contributed by atoms with Gasteiger partial charge in [0.25, 0.3) is 10.2 Å². The van der Waals surface area contributed by atoms with Crippen LogP contribution >= 0.6 is 0 Å². The van der Waals surface area contributed by atoms with Crippen molar-refractivity contribution in [1.82, 2.24) is 18.8 Å². The fourth-order valence-corrected chi connectivity index (χ4v) is 3.12. The summed E-state index contributed by atoms with van der Waals surface area (Å²) in [6, 6.07) is 8.04. The summed E-state index contributed by atoms with van der Waals surface area (Å²) in [4.78, 5) is 16.7. The molecule has 1 fully saturated rings. The van der Waals surface area contributed by atoms with Crippen molar-refractivity contribution in [3.8, 4) is 0 Å². The van der Waals surface area contributed by atoms with Crippen LogP contribution in [0.5, 0.6) is 0 Å². The molecule has 0 aliphatic carbocycles. The first-order valence-corrected chi connectivity index (χ1v) is 8.97. The van der Waals surface area contributed by atoms with Crippen LogP contribution in [-0.4, -0.2) is 75.8 Å². The zero-order chi connectivity index (χ0) is 17.0.